The standard InChI is InChI=1S/C15H29NO2.C14H29NO2.C13H25NO2/c1-5-10-18-13(11-12-8-6-7-9-12)14(17)16-15(2,3)4;1-8-9-17-11(10-13(2,3)4)12(16)15-14(5,6)7;1-7-8-16-11(9-10(2)3)12(15)14-13(4,5)6/h12-13H,5-11H2,1-4H3,(H,16,17);11H,8-10H2,1-7H3,(H,15,16);11H,2,7-9H2,1,3-6H3,(H,14,15). The number of carbonyl (C=O) groups excluding carboxylic acids is 3. The number of hydrogen-bond acceptors (Lipinski definition) is 6. The highest BCUT2D eigenvalue weighted by Gasteiger charge is 2.29. The van der Waals surface area contributed by atoms with Crippen LogP contribution in [0.2, 0.25) is 0 Å². The molecule has 0 aromatic heterocycles. The molecule has 1 fully saturated rings. The zero-order chi connectivity index (χ0) is 40.1. The molecule has 0 bridgehead atoms. The van der Waals surface area contributed by atoms with E-state index in [4.69, 9.17) is 14.2 Å². The molecule has 0 aromatic carbocycles. The smallest absolute Gasteiger partial charge is 0.249 e. The van der Waals surface area contributed by atoms with Crippen LogP contribution in [0.3, 0.4) is 0 Å². The third-order valence-corrected chi connectivity index (χ3v) is 7.30. The Morgan fingerprint density at radius 2 is 0.941 bits per heavy atom. The maximum atomic E-state index is 12.2. The highest BCUT2D eigenvalue weighted by molar-refractivity contribution is 5.82. The van der Waals surface area contributed by atoms with Gasteiger partial charge < -0.3 is 30.2 Å². The molecule has 3 amide bonds. The zero-order valence-electron chi connectivity index (χ0n) is 36.2. The molecule has 3 unspecified atom stereocenters. The molecule has 0 heterocycles. The fourth-order valence-electron chi connectivity index (χ4n) is 5.26. The van der Waals surface area contributed by atoms with Crippen LogP contribution in [0.15, 0.2) is 12.2 Å². The number of rotatable bonds is 17. The van der Waals surface area contributed by atoms with Crippen LogP contribution in [-0.4, -0.2) is 72.5 Å². The molecule has 0 radical (unpaired) electrons. The Balaban J connectivity index is 0. The summed E-state index contributed by atoms with van der Waals surface area (Å²) in [6, 6.07) is 0. The summed E-state index contributed by atoms with van der Waals surface area (Å²) in [7, 11) is 0. The van der Waals surface area contributed by atoms with Gasteiger partial charge in [0.05, 0.1) is 0 Å². The molecule has 51 heavy (non-hydrogen) atoms. The summed E-state index contributed by atoms with van der Waals surface area (Å²) in [4.78, 5) is 36.2. The van der Waals surface area contributed by atoms with E-state index in [2.05, 4.69) is 57.1 Å². The minimum Gasteiger partial charge on any atom is -0.368 e. The molecule has 9 nitrogen and oxygen atoms in total. The van der Waals surface area contributed by atoms with E-state index in [1.54, 1.807) is 0 Å². The van der Waals surface area contributed by atoms with Gasteiger partial charge in [-0.1, -0.05) is 72.8 Å². The molecule has 0 spiro atoms. The van der Waals surface area contributed by atoms with Crippen LogP contribution >= 0.6 is 0 Å². The van der Waals surface area contributed by atoms with Crippen molar-refractivity contribution in [3.05, 3.63) is 12.2 Å². The van der Waals surface area contributed by atoms with Crippen LogP contribution in [0.4, 0.5) is 0 Å². The fraction of sp³-hybridized carbons (Fsp3) is 0.881. The first-order valence-electron chi connectivity index (χ1n) is 19.7. The highest BCUT2D eigenvalue weighted by Crippen LogP contribution is 2.29. The van der Waals surface area contributed by atoms with Crippen LogP contribution in [0.5, 0.6) is 0 Å². The summed E-state index contributed by atoms with van der Waals surface area (Å²) in [5, 5.41) is 8.95. The van der Waals surface area contributed by atoms with Crippen LogP contribution < -0.4 is 16.0 Å². The van der Waals surface area contributed by atoms with Gasteiger partial charge in [-0.2, -0.15) is 0 Å². The first kappa shape index (κ1) is 51.1. The van der Waals surface area contributed by atoms with Gasteiger partial charge in [0.25, 0.3) is 0 Å². The Morgan fingerprint density at radius 1 is 0.608 bits per heavy atom. The van der Waals surface area contributed by atoms with Crippen LogP contribution in [0, 0.1) is 11.3 Å². The average Bonchev–Trinajstić information content (AvgIpc) is 3.46. The molecular formula is C42H83N3O6. The summed E-state index contributed by atoms with van der Waals surface area (Å²) in [6.07, 6.45) is 9.17. The number of hydrogen-bond donors (Lipinski definition) is 3. The lowest BCUT2D eigenvalue weighted by Gasteiger charge is -2.29. The minimum absolute atomic E-state index is 0.000810. The van der Waals surface area contributed by atoms with Crippen LogP contribution in [0.1, 0.15) is 175 Å². The van der Waals surface area contributed by atoms with Crippen molar-refractivity contribution < 1.29 is 28.6 Å². The topological polar surface area (TPSA) is 115 Å². The number of ether oxygens (including phenoxy) is 3. The lowest BCUT2D eigenvalue weighted by Crippen LogP contribution is -2.47. The van der Waals surface area contributed by atoms with Crippen molar-refractivity contribution in [2.75, 3.05) is 19.8 Å². The highest BCUT2D eigenvalue weighted by atomic mass is 16.5. The molecule has 1 saturated carbocycles. The maximum absolute atomic E-state index is 12.2. The molecule has 0 aromatic rings. The minimum atomic E-state index is -0.406. The first-order valence-corrected chi connectivity index (χ1v) is 19.7. The summed E-state index contributed by atoms with van der Waals surface area (Å²) in [6.45, 7) is 38.1. The fourth-order valence-corrected chi connectivity index (χ4v) is 5.26. The number of amides is 3. The van der Waals surface area contributed by atoms with E-state index in [1.807, 2.05) is 76.2 Å². The van der Waals surface area contributed by atoms with E-state index in [-0.39, 0.29) is 52.0 Å². The molecule has 3 N–H and O–H groups in total. The first-order chi connectivity index (χ1) is 23.2. The molecule has 9 heteroatoms. The second-order valence-electron chi connectivity index (χ2n) is 18.6. The van der Waals surface area contributed by atoms with Gasteiger partial charge in [-0.05, 0) is 113 Å². The lowest BCUT2D eigenvalue weighted by atomic mass is 9.88. The zero-order valence-corrected chi connectivity index (χ0v) is 36.2. The molecule has 302 valence electrons. The Kier molecular flexibility index (Phi) is 25.2. The number of nitrogens with one attached hydrogen (secondary N) is 3. The van der Waals surface area contributed by atoms with Gasteiger partial charge in [-0.15, -0.1) is 6.58 Å². The molecular weight excluding hydrogens is 642 g/mol. The van der Waals surface area contributed by atoms with E-state index < -0.39 is 6.10 Å². The predicted octanol–water partition coefficient (Wildman–Crippen LogP) is 9.07. The Labute approximate surface area is 314 Å². The molecule has 3 atom stereocenters. The van der Waals surface area contributed by atoms with Crippen LogP contribution in [0.25, 0.3) is 0 Å². The number of carbonyl (C=O) groups is 3. The van der Waals surface area contributed by atoms with Crippen molar-refractivity contribution in [2.24, 2.45) is 11.3 Å². The summed E-state index contributed by atoms with van der Waals surface area (Å²) >= 11 is 0. The third-order valence-electron chi connectivity index (χ3n) is 7.30. The van der Waals surface area contributed by atoms with Gasteiger partial charge in [-0.25, -0.2) is 0 Å². The Morgan fingerprint density at radius 3 is 1.27 bits per heavy atom. The third kappa shape index (κ3) is 31.3. The predicted molar refractivity (Wildman–Crippen MR) is 214 cm³/mol. The van der Waals surface area contributed by atoms with E-state index in [9.17, 15) is 14.4 Å². The van der Waals surface area contributed by atoms with Crippen molar-refractivity contribution in [3.63, 3.8) is 0 Å². The second kappa shape index (κ2) is 25.1. The average molecular weight is 726 g/mol. The quantitative estimate of drug-likeness (QED) is 0.129. The molecule has 1 aliphatic rings. The van der Waals surface area contributed by atoms with Crippen molar-refractivity contribution in [1.82, 2.24) is 16.0 Å². The Hall–Kier alpha value is -1.97. The van der Waals surface area contributed by atoms with Crippen molar-refractivity contribution in [1.29, 1.82) is 0 Å². The van der Waals surface area contributed by atoms with E-state index in [1.165, 1.54) is 25.7 Å². The monoisotopic (exact) mass is 726 g/mol. The maximum Gasteiger partial charge on any atom is 0.249 e. The van der Waals surface area contributed by atoms with E-state index >= 15 is 0 Å². The van der Waals surface area contributed by atoms with Gasteiger partial charge in [0.1, 0.15) is 18.3 Å². The summed E-state index contributed by atoms with van der Waals surface area (Å²) in [5.41, 5.74) is 0.446. The largest absolute Gasteiger partial charge is 0.368 e. The van der Waals surface area contributed by atoms with Crippen molar-refractivity contribution >= 4 is 17.7 Å². The van der Waals surface area contributed by atoms with Crippen molar-refractivity contribution in [2.45, 2.75) is 210 Å². The lowest BCUT2D eigenvalue weighted by molar-refractivity contribution is -0.136. The normalized spacial score (nSPS) is 15.7. The molecule has 0 aliphatic heterocycles. The second-order valence-corrected chi connectivity index (χ2v) is 18.6. The van der Waals surface area contributed by atoms with Gasteiger partial charge in [0.2, 0.25) is 17.7 Å². The molecule has 0 saturated heterocycles. The summed E-state index contributed by atoms with van der Waals surface area (Å²) < 4.78 is 16.9. The van der Waals surface area contributed by atoms with Gasteiger partial charge in [0, 0.05) is 42.9 Å². The van der Waals surface area contributed by atoms with Crippen LogP contribution in [-0.2, 0) is 28.6 Å². The van der Waals surface area contributed by atoms with Crippen molar-refractivity contribution in [3.8, 4) is 0 Å². The van der Waals surface area contributed by atoms with Gasteiger partial charge >= 0.3 is 0 Å². The van der Waals surface area contributed by atoms with Gasteiger partial charge in [0.15, 0.2) is 0 Å². The molecule has 1 rings (SSSR count). The molecule has 1 aliphatic carbocycles. The Bertz CT molecular complexity index is 979. The van der Waals surface area contributed by atoms with Gasteiger partial charge in [-0.3, -0.25) is 14.4 Å². The SMILES string of the molecule is C=C(C)CC(OCCC)C(=O)NC(C)(C)C.CCCOC(CC(C)(C)C)C(=O)NC(C)(C)C.CCCOC(CC1CCCC1)C(=O)NC(C)(C)C. The summed E-state index contributed by atoms with van der Waals surface area (Å²) in [5.74, 6) is 0.685. The van der Waals surface area contributed by atoms with E-state index in [0.29, 0.717) is 32.2 Å². The van der Waals surface area contributed by atoms with E-state index in [0.717, 1.165) is 37.7 Å².